The van der Waals surface area contributed by atoms with Crippen molar-refractivity contribution in [3.05, 3.63) is 35.6 Å². The van der Waals surface area contributed by atoms with Gasteiger partial charge < -0.3 is 0 Å². The van der Waals surface area contributed by atoms with E-state index in [-0.39, 0.29) is 0 Å². The zero-order chi connectivity index (χ0) is 8.55. The van der Waals surface area contributed by atoms with Gasteiger partial charge in [0.2, 0.25) is 0 Å². The van der Waals surface area contributed by atoms with Crippen LogP contribution in [0.2, 0.25) is 0 Å². The Morgan fingerprint density at radius 1 is 1.50 bits per heavy atom. The third-order valence-corrected chi connectivity index (χ3v) is 1.61. The lowest BCUT2D eigenvalue weighted by Crippen LogP contribution is -1.76. The fraction of sp³-hybridized carbons (Fsp3) is 0. The van der Waals surface area contributed by atoms with Gasteiger partial charge in [-0.1, -0.05) is 0 Å². The molecule has 3 nitrogen and oxygen atoms in total. The predicted molar refractivity (Wildman–Crippen MR) is 42.3 cm³/mol. The molecule has 0 unspecified atom stereocenters. The molecule has 0 aliphatic rings. The van der Waals surface area contributed by atoms with Gasteiger partial charge in [0.25, 0.3) is 0 Å². The summed E-state index contributed by atoms with van der Waals surface area (Å²) in [6, 6.07) is 2.78. The molecule has 58 valence electrons. The van der Waals surface area contributed by atoms with E-state index in [1.54, 1.807) is 6.07 Å². The zero-order valence-corrected chi connectivity index (χ0v) is 6.00. The Labute approximate surface area is 67.6 Å². The molecule has 0 saturated heterocycles. The van der Waals surface area contributed by atoms with Crippen LogP contribution in [0.5, 0.6) is 0 Å². The molecule has 0 atom stereocenters. The second kappa shape index (κ2) is 2.31. The molecule has 1 N–H and O–H groups in total. The second-order valence-corrected chi connectivity index (χ2v) is 2.37. The molecule has 0 fully saturated rings. The monoisotopic (exact) mass is 161 g/mol. The van der Waals surface area contributed by atoms with E-state index in [2.05, 4.69) is 15.0 Å². The third kappa shape index (κ3) is 0.839. The average Bonchev–Trinajstić information content (AvgIpc) is 2.52. The Morgan fingerprint density at radius 3 is 3.08 bits per heavy atom. The topological polar surface area (TPSA) is 33.0 Å². The second-order valence-electron chi connectivity index (χ2n) is 2.37. The van der Waals surface area contributed by atoms with Crippen LogP contribution in [-0.2, 0) is 0 Å². The molecule has 0 aliphatic carbocycles. The van der Waals surface area contributed by atoms with Gasteiger partial charge in [0, 0.05) is 5.39 Å². The Balaban J connectivity index is 2.86. The summed E-state index contributed by atoms with van der Waals surface area (Å²) in [7, 11) is 0. The number of aromatic amines is 1. The van der Waals surface area contributed by atoms with E-state index in [1.165, 1.54) is 12.3 Å². The Bertz CT molecular complexity index is 467. The van der Waals surface area contributed by atoms with Gasteiger partial charge >= 0.3 is 0 Å². The van der Waals surface area contributed by atoms with Crippen LogP contribution in [0.1, 0.15) is 0 Å². The Kier molecular flexibility index (Phi) is 1.31. The van der Waals surface area contributed by atoms with Crippen molar-refractivity contribution in [2.75, 3.05) is 0 Å². The lowest BCUT2D eigenvalue weighted by molar-refractivity contribution is 0.637. The lowest BCUT2D eigenvalue weighted by Gasteiger charge is -1.91. The molecule has 0 radical (unpaired) electrons. The van der Waals surface area contributed by atoms with Crippen molar-refractivity contribution in [1.29, 1.82) is 0 Å². The van der Waals surface area contributed by atoms with E-state index in [0.717, 1.165) is 0 Å². The number of fused-ring (bicyclic) bond motifs is 1. The van der Waals surface area contributed by atoms with E-state index >= 15 is 0 Å². The minimum Gasteiger partial charge on any atom is -0.275 e. The first-order chi connectivity index (χ1) is 5.81. The van der Waals surface area contributed by atoms with E-state index in [4.69, 9.17) is 6.57 Å². The number of nitrogens with one attached hydrogen (secondary N) is 1. The molecule has 1 aromatic carbocycles. The zero-order valence-electron chi connectivity index (χ0n) is 6.00. The number of nitrogens with zero attached hydrogens (tertiary/aromatic N) is 2. The maximum Gasteiger partial charge on any atom is 0.190 e. The fourth-order valence-corrected chi connectivity index (χ4v) is 1.06. The van der Waals surface area contributed by atoms with Crippen LogP contribution in [0.3, 0.4) is 0 Å². The van der Waals surface area contributed by atoms with Crippen molar-refractivity contribution in [2.45, 2.75) is 0 Å². The van der Waals surface area contributed by atoms with Crippen molar-refractivity contribution in [1.82, 2.24) is 10.2 Å². The van der Waals surface area contributed by atoms with Crippen LogP contribution in [0.25, 0.3) is 15.7 Å². The summed E-state index contributed by atoms with van der Waals surface area (Å²) in [5.74, 6) is -0.434. The molecule has 2 aromatic rings. The van der Waals surface area contributed by atoms with E-state index in [0.29, 0.717) is 16.6 Å². The molecule has 12 heavy (non-hydrogen) atoms. The maximum atomic E-state index is 13.1. The van der Waals surface area contributed by atoms with E-state index in [1.807, 2.05) is 0 Å². The largest absolute Gasteiger partial charge is 0.275 e. The van der Waals surface area contributed by atoms with Crippen molar-refractivity contribution in [3.8, 4) is 0 Å². The van der Waals surface area contributed by atoms with Gasteiger partial charge in [-0.3, -0.25) is 5.10 Å². The van der Waals surface area contributed by atoms with Crippen LogP contribution < -0.4 is 0 Å². The van der Waals surface area contributed by atoms with Crippen LogP contribution in [-0.4, -0.2) is 10.2 Å². The minimum absolute atomic E-state index is 0.293. The summed E-state index contributed by atoms with van der Waals surface area (Å²) in [5.41, 5.74) is 0.642. The Hall–Kier alpha value is -1.89. The summed E-state index contributed by atoms with van der Waals surface area (Å²) in [6.07, 6.45) is 1.49. The van der Waals surface area contributed by atoms with E-state index in [9.17, 15) is 4.39 Å². The molecule has 1 heterocycles. The molecule has 4 heteroatoms. The number of hydrogen-bond donors (Lipinski definition) is 1. The van der Waals surface area contributed by atoms with E-state index < -0.39 is 5.82 Å². The van der Waals surface area contributed by atoms with Gasteiger partial charge in [0.1, 0.15) is 5.82 Å². The van der Waals surface area contributed by atoms with Gasteiger partial charge in [0.05, 0.1) is 18.3 Å². The SMILES string of the molecule is [C-]#[N+]c1cc(F)c2[nH]ncc2c1. The fourth-order valence-electron chi connectivity index (χ4n) is 1.06. The molecular weight excluding hydrogens is 157 g/mol. The van der Waals surface area contributed by atoms with Crippen molar-refractivity contribution in [2.24, 2.45) is 0 Å². The molecular formula is C8H4FN3. The number of aromatic nitrogens is 2. The summed E-state index contributed by atoms with van der Waals surface area (Å²) < 4.78 is 13.1. The molecule has 0 amide bonds. The standard InChI is InChI=1S/C8H4FN3/c1-10-6-2-5-4-11-12-8(5)7(9)3-6/h2-4H,(H,11,12). The van der Waals surface area contributed by atoms with Crippen LogP contribution in [0.4, 0.5) is 10.1 Å². The highest BCUT2D eigenvalue weighted by atomic mass is 19.1. The third-order valence-electron chi connectivity index (χ3n) is 1.61. The smallest absolute Gasteiger partial charge is 0.190 e. The Morgan fingerprint density at radius 2 is 2.33 bits per heavy atom. The predicted octanol–water partition coefficient (Wildman–Crippen LogP) is 2.25. The van der Waals surface area contributed by atoms with Gasteiger partial charge in [-0.05, 0) is 12.1 Å². The average molecular weight is 161 g/mol. The number of rotatable bonds is 0. The number of H-pyrrole nitrogens is 1. The van der Waals surface area contributed by atoms with Crippen LogP contribution >= 0.6 is 0 Å². The molecule has 0 aliphatic heterocycles. The van der Waals surface area contributed by atoms with Crippen LogP contribution in [0, 0.1) is 12.4 Å². The highest BCUT2D eigenvalue weighted by Crippen LogP contribution is 2.22. The summed E-state index contributed by atoms with van der Waals surface area (Å²) in [6.45, 7) is 6.70. The van der Waals surface area contributed by atoms with Crippen molar-refractivity contribution in [3.63, 3.8) is 0 Å². The first kappa shape index (κ1) is 6.80. The number of benzene rings is 1. The molecule has 0 spiro atoms. The summed E-state index contributed by atoms with van der Waals surface area (Å²) in [5, 5.41) is 6.81. The van der Waals surface area contributed by atoms with Gasteiger partial charge in [-0.15, -0.1) is 0 Å². The van der Waals surface area contributed by atoms with Gasteiger partial charge in [0.15, 0.2) is 5.69 Å². The first-order valence-electron chi connectivity index (χ1n) is 3.31. The van der Waals surface area contributed by atoms with Crippen molar-refractivity contribution < 1.29 is 4.39 Å². The quantitative estimate of drug-likeness (QED) is 0.590. The van der Waals surface area contributed by atoms with Crippen LogP contribution in [0.15, 0.2) is 18.3 Å². The van der Waals surface area contributed by atoms with Crippen molar-refractivity contribution >= 4 is 16.6 Å². The molecule has 0 saturated carbocycles. The molecule has 0 bridgehead atoms. The summed E-state index contributed by atoms with van der Waals surface area (Å²) >= 11 is 0. The lowest BCUT2D eigenvalue weighted by atomic mass is 10.2. The number of halogens is 1. The molecule has 1 aromatic heterocycles. The highest BCUT2D eigenvalue weighted by molar-refractivity contribution is 5.82. The van der Waals surface area contributed by atoms with Gasteiger partial charge in [-0.25, -0.2) is 9.24 Å². The first-order valence-corrected chi connectivity index (χ1v) is 3.31. The normalized spacial score (nSPS) is 10.0. The molecule has 2 rings (SSSR count). The highest BCUT2D eigenvalue weighted by Gasteiger charge is 2.03. The summed E-state index contributed by atoms with van der Waals surface area (Å²) in [4.78, 5) is 3.13. The minimum atomic E-state index is -0.434. The number of hydrogen-bond acceptors (Lipinski definition) is 1. The maximum absolute atomic E-state index is 13.1. The van der Waals surface area contributed by atoms with Gasteiger partial charge in [-0.2, -0.15) is 5.10 Å².